The zero-order chi connectivity index (χ0) is 49.3. The topological polar surface area (TPSA) is 0 Å². The fourth-order valence-corrected chi connectivity index (χ4v) is 11.1. The van der Waals surface area contributed by atoms with E-state index in [0.717, 1.165) is 19.3 Å². The molecule has 0 aromatic heterocycles. The molecule has 0 heterocycles. The van der Waals surface area contributed by atoms with Crippen molar-refractivity contribution in [2.45, 2.75) is 73.1 Å². The average Bonchev–Trinajstić information content (AvgIpc) is 3.76. The predicted molar refractivity (Wildman–Crippen MR) is 311 cm³/mol. The van der Waals surface area contributed by atoms with Gasteiger partial charge in [-0.1, -0.05) is 249 Å². The molecule has 0 heteroatoms. The number of benzene rings is 9. The lowest BCUT2D eigenvalue weighted by Crippen LogP contribution is -2.29. The van der Waals surface area contributed by atoms with Crippen molar-refractivity contribution in [3.05, 3.63) is 292 Å². The van der Waals surface area contributed by atoms with Gasteiger partial charge in [-0.25, -0.2) is 0 Å². The molecule has 1 aliphatic rings. The summed E-state index contributed by atoms with van der Waals surface area (Å²) >= 11 is 0. The van der Waals surface area contributed by atoms with E-state index in [1.807, 2.05) is 0 Å². The molecule has 10 rings (SSSR count). The Morgan fingerprint density at radius 3 is 1.68 bits per heavy atom. The summed E-state index contributed by atoms with van der Waals surface area (Å²) in [6, 6.07) is 73.0. The quantitative estimate of drug-likeness (QED) is 0.0651. The third-order valence-corrected chi connectivity index (χ3v) is 14.6. The molecule has 0 amide bonds. The van der Waals surface area contributed by atoms with Crippen LogP contribution in [0.25, 0.3) is 60.7 Å². The number of aryl methyl sites for hydroxylation is 1. The summed E-state index contributed by atoms with van der Waals surface area (Å²) in [5, 5.41) is 7.90. The minimum Gasteiger partial charge on any atom is -0.0877 e. The Bertz CT molecular complexity index is 3430. The van der Waals surface area contributed by atoms with Crippen molar-refractivity contribution >= 4 is 49.5 Å². The van der Waals surface area contributed by atoms with Gasteiger partial charge in [-0.3, -0.25) is 0 Å². The van der Waals surface area contributed by atoms with Gasteiger partial charge in [0.15, 0.2) is 0 Å². The van der Waals surface area contributed by atoms with Crippen molar-refractivity contribution in [3.63, 3.8) is 0 Å². The number of hydrogen-bond acceptors (Lipinski definition) is 0. The van der Waals surface area contributed by atoms with Crippen LogP contribution in [-0.2, 0) is 5.41 Å². The number of allylic oxidation sites excluding steroid dienone is 11. The van der Waals surface area contributed by atoms with Gasteiger partial charge in [-0.05, 0) is 171 Å². The molecule has 0 fully saturated rings. The lowest BCUT2D eigenvalue weighted by Gasteiger charge is -2.35. The molecule has 0 atom stereocenters. The molecule has 9 aromatic rings. The average molecular weight is 919 g/mol. The van der Waals surface area contributed by atoms with Gasteiger partial charge in [0.05, 0.1) is 5.41 Å². The summed E-state index contributed by atoms with van der Waals surface area (Å²) < 4.78 is 0. The first kappa shape index (κ1) is 48.2. The van der Waals surface area contributed by atoms with Crippen LogP contribution in [0.2, 0.25) is 0 Å². The number of hydrogen-bond donors (Lipinski definition) is 0. The Hall–Kier alpha value is -7.80. The molecule has 0 aliphatic heterocycles. The van der Waals surface area contributed by atoms with E-state index in [1.165, 1.54) is 116 Å². The minimum atomic E-state index is -0.433. The van der Waals surface area contributed by atoms with E-state index in [1.54, 1.807) is 0 Å². The molecule has 1 aliphatic carbocycles. The second kappa shape index (κ2) is 21.9. The second-order valence-electron chi connectivity index (χ2n) is 19.1. The second-order valence-corrected chi connectivity index (χ2v) is 19.1. The number of rotatable bonds is 12. The summed E-state index contributed by atoms with van der Waals surface area (Å²) in [4.78, 5) is 0. The van der Waals surface area contributed by atoms with Gasteiger partial charge in [0.25, 0.3) is 0 Å². The highest BCUT2D eigenvalue weighted by Crippen LogP contribution is 2.54. The maximum Gasteiger partial charge on any atom is 0.0707 e. The third-order valence-electron chi connectivity index (χ3n) is 14.6. The highest BCUT2D eigenvalue weighted by molar-refractivity contribution is 6.15. The van der Waals surface area contributed by atoms with E-state index in [9.17, 15) is 0 Å². The Balaban J connectivity index is 0.000000208. The van der Waals surface area contributed by atoms with E-state index in [-0.39, 0.29) is 0 Å². The van der Waals surface area contributed by atoms with Crippen LogP contribution in [0.3, 0.4) is 0 Å². The Labute approximate surface area is 423 Å². The van der Waals surface area contributed by atoms with Crippen molar-refractivity contribution in [2.75, 3.05) is 0 Å². The molecule has 350 valence electrons. The van der Waals surface area contributed by atoms with Crippen LogP contribution in [0.1, 0.15) is 99.7 Å². The van der Waals surface area contributed by atoms with E-state index >= 15 is 0 Å². The van der Waals surface area contributed by atoms with Gasteiger partial charge in [0.1, 0.15) is 0 Å². The van der Waals surface area contributed by atoms with Gasteiger partial charge in [-0.15, -0.1) is 0 Å². The van der Waals surface area contributed by atoms with Gasteiger partial charge in [0, 0.05) is 0 Å². The van der Waals surface area contributed by atoms with Crippen LogP contribution in [0.15, 0.2) is 253 Å². The summed E-state index contributed by atoms with van der Waals surface area (Å²) in [6.45, 7) is 15.6. The molecule has 0 saturated carbocycles. The fourth-order valence-electron chi connectivity index (χ4n) is 11.1. The molecule has 0 N–H and O–H groups in total. The first-order chi connectivity index (χ1) is 34.8. The van der Waals surface area contributed by atoms with Crippen molar-refractivity contribution in [1.82, 2.24) is 0 Å². The molecule has 0 saturated heterocycles. The van der Waals surface area contributed by atoms with Gasteiger partial charge < -0.3 is 0 Å². The van der Waals surface area contributed by atoms with Gasteiger partial charge >= 0.3 is 0 Å². The van der Waals surface area contributed by atoms with Crippen molar-refractivity contribution in [3.8, 4) is 11.1 Å². The summed E-state index contributed by atoms with van der Waals surface area (Å²) in [5.74, 6) is 0. The molecule has 0 bridgehead atoms. The SMILES string of the molecule is C/C=C\C=C/C1=Cc2c(/C(CC=C(C)C)=C(\CC)C(=C(C)CC)c3ccccc3)cccc2C1(c1ccccc1)c1ccccc1.Cc1c2ccccc2c(-c2ccc3ccccc3c2)c2ccccc12. The lowest BCUT2D eigenvalue weighted by molar-refractivity contribution is 0.761. The molecule has 0 radical (unpaired) electrons. The highest BCUT2D eigenvalue weighted by Gasteiger charge is 2.44. The first-order valence-corrected chi connectivity index (χ1v) is 25.6. The van der Waals surface area contributed by atoms with Crippen molar-refractivity contribution in [2.24, 2.45) is 0 Å². The predicted octanol–water partition coefficient (Wildman–Crippen LogP) is 20.1. The normalized spacial score (nSPS) is 13.7. The van der Waals surface area contributed by atoms with Crippen LogP contribution in [0, 0.1) is 6.92 Å². The minimum absolute atomic E-state index is 0.433. The van der Waals surface area contributed by atoms with Gasteiger partial charge in [-0.2, -0.15) is 0 Å². The Kier molecular flexibility index (Phi) is 14.9. The summed E-state index contributed by atoms with van der Waals surface area (Å²) in [5.41, 5.74) is 19.7. The lowest BCUT2D eigenvalue weighted by atomic mass is 9.66. The van der Waals surface area contributed by atoms with E-state index in [2.05, 4.69) is 285 Å². The van der Waals surface area contributed by atoms with E-state index < -0.39 is 5.41 Å². The van der Waals surface area contributed by atoms with Gasteiger partial charge in [0.2, 0.25) is 0 Å². The van der Waals surface area contributed by atoms with Crippen LogP contribution in [0.4, 0.5) is 0 Å². The fraction of sp³-hybridized carbons (Fsp3) is 0.155. The molecular weight excluding hydrogens is 853 g/mol. The van der Waals surface area contributed by atoms with Crippen LogP contribution in [0.5, 0.6) is 0 Å². The maximum atomic E-state index is 2.47. The van der Waals surface area contributed by atoms with Crippen molar-refractivity contribution < 1.29 is 0 Å². The molecule has 0 spiro atoms. The first-order valence-electron chi connectivity index (χ1n) is 25.6. The Morgan fingerprint density at radius 2 is 1.10 bits per heavy atom. The monoisotopic (exact) mass is 919 g/mol. The van der Waals surface area contributed by atoms with Crippen LogP contribution in [-0.4, -0.2) is 0 Å². The smallest absolute Gasteiger partial charge is 0.0707 e. The molecule has 9 aromatic carbocycles. The van der Waals surface area contributed by atoms with Crippen LogP contribution >= 0.6 is 0 Å². The Morgan fingerprint density at radius 1 is 0.535 bits per heavy atom. The molecule has 0 unspecified atom stereocenters. The number of fused-ring (bicyclic) bond motifs is 4. The largest absolute Gasteiger partial charge is 0.0877 e. The zero-order valence-electron chi connectivity index (χ0n) is 42.6. The van der Waals surface area contributed by atoms with E-state index in [0.29, 0.717) is 0 Å². The standard InChI is InChI=1S/C46H48.C25H18/c1-7-10-14-28-39-33-43-41(29-21-30-44(43)46(39,37-24-17-12-18-25-37)38-26-19-13-20-27-38)42(32-31-34(4)5)40(9-3)45(35(6)8-2)36-22-15-11-16-23-36;1-17-21-10-4-6-12-23(21)25(24-13-7-5-11-22(17)24)20-15-14-18-8-2-3-9-19(18)16-20/h7,10-31,33H,8-9,32H2,1-6H3;2-16H,1H3/b10-7-,28-14-,42-40+,45-35?;. The zero-order valence-corrected chi connectivity index (χ0v) is 42.6. The van der Waals surface area contributed by atoms with E-state index in [4.69, 9.17) is 0 Å². The van der Waals surface area contributed by atoms with Crippen molar-refractivity contribution in [1.29, 1.82) is 0 Å². The maximum absolute atomic E-state index is 2.47. The molecule has 0 nitrogen and oxygen atoms in total. The van der Waals surface area contributed by atoms with Crippen LogP contribution < -0.4 is 0 Å². The summed E-state index contributed by atoms with van der Waals surface area (Å²) in [6.07, 6.45) is 16.5. The third kappa shape index (κ3) is 9.48. The summed E-state index contributed by atoms with van der Waals surface area (Å²) in [7, 11) is 0. The molecule has 71 heavy (non-hydrogen) atoms. The molecular formula is C71H66. The highest BCUT2D eigenvalue weighted by atomic mass is 14.5.